The lowest BCUT2D eigenvalue weighted by Gasteiger charge is -2.17. The van der Waals surface area contributed by atoms with Crippen LogP contribution in [0.4, 0.5) is 16.3 Å². The summed E-state index contributed by atoms with van der Waals surface area (Å²) in [5.41, 5.74) is 3.59. The second-order valence-corrected chi connectivity index (χ2v) is 6.10. The lowest BCUT2D eigenvalue weighted by atomic mass is 10.1. The molecule has 0 radical (unpaired) electrons. The highest BCUT2D eigenvalue weighted by atomic mass is 16.6. The first kappa shape index (κ1) is 18.3. The minimum absolute atomic E-state index is 0.358. The number of aromatic nitrogens is 1. The average molecular weight is 363 g/mol. The minimum atomic E-state index is -0.523. The standard InChI is InChI=1S/C21H21N3O3/c1-15-6-3-4-7-19(15)16(2)27-21(26)23-20-8-5-13-24(20)18-11-9-17(10-12-18)22-14-25/h3-14,16H,1-2H3,(H,22,25)(H,23,26). The van der Waals surface area contributed by atoms with Crippen LogP contribution in [-0.4, -0.2) is 17.1 Å². The molecule has 2 amide bonds. The van der Waals surface area contributed by atoms with Crippen LogP contribution in [0.3, 0.4) is 0 Å². The molecule has 2 N–H and O–H groups in total. The smallest absolute Gasteiger partial charge is 0.413 e. The Morgan fingerprint density at radius 3 is 2.52 bits per heavy atom. The summed E-state index contributed by atoms with van der Waals surface area (Å²) in [7, 11) is 0. The fourth-order valence-corrected chi connectivity index (χ4v) is 2.90. The largest absolute Gasteiger partial charge is 0.441 e. The molecule has 1 aromatic heterocycles. The van der Waals surface area contributed by atoms with Gasteiger partial charge in [-0.2, -0.15) is 0 Å². The molecule has 0 aliphatic heterocycles. The van der Waals surface area contributed by atoms with Crippen molar-refractivity contribution in [3.63, 3.8) is 0 Å². The molecule has 0 saturated carbocycles. The van der Waals surface area contributed by atoms with Crippen molar-refractivity contribution in [2.45, 2.75) is 20.0 Å². The van der Waals surface area contributed by atoms with Gasteiger partial charge in [-0.3, -0.25) is 10.1 Å². The van der Waals surface area contributed by atoms with Gasteiger partial charge in [0.1, 0.15) is 11.9 Å². The zero-order valence-electron chi connectivity index (χ0n) is 15.2. The molecule has 138 valence electrons. The minimum Gasteiger partial charge on any atom is -0.441 e. The van der Waals surface area contributed by atoms with Gasteiger partial charge >= 0.3 is 6.09 Å². The van der Waals surface area contributed by atoms with Crippen LogP contribution in [0.25, 0.3) is 5.69 Å². The van der Waals surface area contributed by atoms with E-state index in [1.807, 2.05) is 67.1 Å². The maximum absolute atomic E-state index is 12.3. The zero-order chi connectivity index (χ0) is 19.2. The molecule has 1 atom stereocenters. The summed E-state index contributed by atoms with van der Waals surface area (Å²) in [6.07, 6.45) is 1.58. The van der Waals surface area contributed by atoms with Gasteiger partial charge in [-0.25, -0.2) is 4.79 Å². The Morgan fingerprint density at radius 2 is 1.81 bits per heavy atom. The van der Waals surface area contributed by atoms with Crippen molar-refractivity contribution in [2.24, 2.45) is 0 Å². The Morgan fingerprint density at radius 1 is 1.07 bits per heavy atom. The second kappa shape index (κ2) is 8.23. The number of carbonyl (C=O) groups excluding carboxylic acids is 2. The SMILES string of the molecule is Cc1ccccc1C(C)OC(=O)Nc1cccn1-c1ccc(NC=O)cc1. The van der Waals surface area contributed by atoms with Gasteiger partial charge in [-0.15, -0.1) is 0 Å². The number of rotatable bonds is 6. The third-order valence-corrected chi connectivity index (χ3v) is 4.26. The summed E-state index contributed by atoms with van der Waals surface area (Å²) in [4.78, 5) is 22.8. The summed E-state index contributed by atoms with van der Waals surface area (Å²) < 4.78 is 7.34. The van der Waals surface area contributed by atoms with Gasteiger partial charge in [0.2, 0.25) is 6.41 Å². The highest BCUT2D eigenvalue weighted by Gasteiger charge is 2.15. The molecule has 3 aromatic rings. The Hall–Kier alpha value is -3.54. The van der Waals surface area contributed by atoms with Crippen molar-refractivity contribution in [3.8, 4) is 5.69 Å². The van der Waals surface area contributed by atoms with Gasteiger partial charge < -0.3 is 14.6 Å². The maximum atomic E-state index is 12.3. The average Bonchev–Trinajstić information content (AvgIpc) is 3.11. The molecule has 0 fully saturated rings. The summed E-state index contributed by atoms with van der Waals surface area (Å²) in [6, 6.07) is 18.7. The summed E-state index contributed by atoms with van der Waals surface area (Å²) in [5.74, 6) is 0.591. The van der Waals surface area contributed by atoms with Crippen molar-refractivity contribution in [1.29, 1.82) is 0 Å². The van der Waals surface area contributed by atoms with Crippen LogP contribution < -0.4 is 10.6 Å². The predicted molar refractivity (Wildman–Crippen MR) is 105 cm³/mol. The number of nitrogens with zero attached hydrogens (tertiary/aromatic N) is 1. The molecule has 6 heteroatoms. The van der Waals surface area contributed by atoms with E-state index < -0.39 is 6.09 Å². The third kappa shape index (κ3) is 4.36. The number of hydrogen-bond acceptors (Lipinski definition) is 3. The maximum Gasteiger partial charge on any atom is 0.413 e. The van der Waals surface area contributed by atoms with E-state index >= 15 is 0 Å². The van der Waals surface area contributed by atoms with Crippen molar-refractivity contribution in [1.82, 2.24) is 4.57 Å². The van der Waals surface area contributed by atoms with E-state index in [0.29, 0.717) is 17.9 Å². The second-order valence-electron chi connectivity index (χ2n) is 6.10. The number of hydrogen-bond donors (Lipinski definition) is 2. The monoisotopic (exact) mass is 363 g/mol. The topological polar surface area (TPSA) is 72.4 Å². The third-order valence-electron chi connectivity index (χ3n) is 4.26. The summed E-state index contributed by atoms with van der Waals surface area (Å²) >= 11 is 0. The van der Waals surface area contributed by atoms with E-state index in [0.717, 1.165) is 16.8 Å². The Bertz CT molecular complexity index is 932. The number of aryl methyl sites for hydroxylation is 1. The molecule has 0 aliphatic rings. The molecule has 0 bridgehead atoms. The molecular weight excluding hydrogens is 342 g/mol. The van der Waals surface area contributed by atoms with Gasteiger partial charge in [0.25, 0.3) is 0 Å². The number of benzene rings is 2. The van der Waals surface area contributed by atoms with Gasteiger partial charge in [-0.05, 0) is 61.4 Å². The normalized spacial score (nSPS) is 11.5. The van der Waals surface area contributed by atoms with E-state index in [2.05, 4.69) is 10.6 Å². The number of amides is 2. The zero-order valence-corrected chi connectivity index (χ0v) is 15.2. The first-order valence-electron chi connectivity index (χ1n) is 8.59. The summed E-state index contributed by atoms with van der Waals surface area (Å²) in [5, 5.41) is 5.37. The van der Waals surface area contributed by atoms with Crippen molar-refractivity contribution < 1.29 is 14.3 Å². The lowest BCUT2D eigenvalue weighted by molar-refractivity contribution is -0.105. The first-order chi connectivity index (χ1) is 13.1. The van der Waals surface area contributed by atoms with Gasteiger partial charge in [0, 0.05) is 17.6 Å². The molecule has 1 unspecified atom stereocenters. The van der Waals surface area contributed by atoms with E-state index in [4.69, 9.17) is 4.74 Å². The van der Waals surface area contributed by atoms with Gasteiger partial charge in [0.05, 0.1) is 0 Å². The highest BCUT2D eigenvalue weighted by molar-refractivity contribution is 5.84. The number of anilines is 2. The molecule has 0 aliphatic carbocycles. The molecule has 0 spiro atoms. The van der Waals surface area contributed by atoms with Crippen molar-refractivity contribution in [3.05, 3.63) is 78.0 Å². The fraction of sp³-hybridized carbons (Fsp3) is 0.143. The molecule has 1 heterocycles. The van der Waals surface area contributed by atoms with E-state index in [1.165, 1.54) is 0 Å². The molecule has 27 heavy (non-hydrogen) atoms. The number of carbonyl (C=O) groups is 2. The van der Waals surface area contributed by atoms with Crippen LogP contribution in [-0.2, 0) is 9.53 Å². The van der Waals surface area contributed by atoms with Crippen molar-refractivity contribution >= 4 is 24.0 Å². The van der Waals surface area contributed by atoms with E-state index in [-0.39, 0.29) is 6.10 Å². The number of ether oxygens (including phenoxy) is 1. The van der Waals surface area contributed by atoms with Crippen molar-refractivity contribution in [2.75, 3.05) is 10.6 Å². The molecule has 6 nitrogen and oxygen atoms in total. The van der Waals surface area contributed by atoms with Crippen LogP contribution in [0.15, 0.2) is 66.9 Å². The molecule has 2 aromatic carbocycles. The number of nitrogens with one attached hydrogen (secondary N) is 2. The Kier molecular flexibility index (Phi) is 5.56. The van der Waals surface area contributed by atoms with Crippen LogP contribution in [0.2, 0.25) is 0 Å². The molecule has 0 saturated heterocycles. The van der Waals surface area contributed by atoms with E-state index in [1.54, 1.807) is 18.2 Å². The first-order valence-corrected chi connectivity index (χ1v) is 8.59. The fourth-order valence-electron chi connectivity index (χ4n) is 2.90. The van der Waals surface area contributed by atoms with E-state index in [9.17, 15) is 9.59 Å². The summed E-state index contributed by atoms with van der Waals surface area (Å²) in [6.45, 7) is 3.83. The molecular formula is C21H21N3O3. The van der Waals surface area contributed by atoms with Crippen LogP contribution in [0.1, 0.15) is 24.2 Å². The van der Waals surface area contributed by atoms with Crippen LogP contribution in [0, 0.1) is 6.92 Å². The predicted octanol–water partition coefficient (Wildman–Crippen LogP) is 4.66. The van der Waals surface area contributed by atoms with Crippen LogP contribution >= 0.6 is 0 Å². The quantitative estimate of drug-likeness (QED) is 0.626. The highest BCUT2D eigenvalue weighted by Crippen LogP contribution is 2.23. The Labute approximate surface area is 157 Å². The Balaban J connectivity index is 1.70. The molecule has 3 rings (SSSR count). The van der Waals surface area contributed by atoms with Crippen LogP contribution in [0.5, 0.6) is 0 Å². The lowest BCUT2D eigenvalue weighted by Crippen LogP contribution is -2.18. The van der Waals surface area contributed by atoms with Gasteiger partial charge in [-0.1, -0.05) is 24.3 Å². The van der Waals surface area contributed by atoms with Gasteiger partial charge in [0.15, 0.2) is 0 Å².